The van der Waals surface area contributed by atoms with E-state index >= 15 is 0 Å². The van der Waals surface area contributed by atoms with E-state index in [2.05, 4.69) is 15.6 Å². The van der Waals surface area contributed by atoms with Crippen molar-refractivity contribution in [1.29, 1.82) is 0 Å². The third kappa shape index (κ3) is 5.27. The molecule has 122 valence electrons. The summed E-state index contributed by atoms with van der Waals surface area (Å²) >= 11 is 0. The highest BCUT2D eigenvalue weighted by Gasteiger charge is 2.07. The molecular weight excluding hydrogens is 294 g/mol. The molecule has 0 spiro atoms. The van der Waals surface area contributed by atoms with Gasteiger partial charge >= 0.3 is 0 Å². The van der Waals surface area contributed by atoms with Crippen LogP contribution in [0.5, 0.6) is 5.75 Å². The Bertz CT molecular complexity index is 612. The number of carbonyl (C=O) groups excluding carboxylic acids is 1. The van der Waals surface area contributed by atoms with Crippen LogP contribution >= 0.6 is 0 Å². The zero-order valence-electron chi connectivity index (χ0n) is 13.3. The molecule has 1 aromatic heterocycles. The molecule has 23 heavy (non-hydrogen) atoms. The van der Waals surface area contributed by atoms with Crippen molar-refractivity contribution >= 4 is 17.4 Å². The van der Waals surface area contributed by atoms with Gasteiger partial charge in [0.2, 0.25) is 0 Å². The fourth-order valence-corrected chi connectivity index (χ4v) is 1.92. The van der Waals surface area contributed by atoms with E-state index in [1.165, 1.54) is 0 Å². The fraction of sp³-hybridized carbons (Fsp3) is 0.294. The Labute approximate surface area is 135 Å². The van der Waals surface area contributed by atoms with Gasteiger partial charge in [0.1, 0.15) is 11.6 Å². The number of rotatable bonds is 8. The van der Waals surface area contributed by atoms with Crippen molar-refractivity contribution in [2.75, 3.05) is 37.5 Å². The van der Waals surface area contributed by atoms with Gasteiger partial charge in [-0.15, -0.1) is 0 Å². The lowest BCUT2D eigenvalue weighted by molar-refractivity contribution is 0.102. The molecule has 0 aliphatic heterocycles. The summed E-state index contributed by atoms with van der Waals surface area (Å²) in [6.45, 7) is 3.81. The van der Waals surface area contributed by atoms with Crippen LogP contribution in [0.15, 0.2) is 42.6 Å². The van der Waals surface area contributed by atoms with E-state index < -0.39 is 0 Å². The third-order valence-corrected chi connectivity index (χ3v) is 3.06. The zero-order valence-corrected chi connectivity index (χ0v) is 13.3. The van der Waals surface area contributed by atoms with Gasteiger partial charge < -0.3 is 20.1 Å². The van der Waals surface area contributed by atoms with Crippen LogP contribution in [0.25, 0.3) is 0 Å². The second kappa shape index (κ2) is 8.75. The van der Waals surface area contributed by atoms with Crippen LogP contribution in [-0.2, 0) is 4.74 Å². The third-order valence-electron chi connectivity index (χ3n) is 3.06. The van der Waals surface area contributed by atoms with Gasteiger partial charge in [-0.3, -0.25) is 4.79 Å². The van der Waals surface area contributed by atoms with E-state index in [-0.39, 0.29) is 5.91 Å². The lowest BCUT2D eigenvalue weighted by Gasteiger charge is -2.08. The van der Waals surface area contributed by atoms with Gasteiger partial charge in [0.05, 0.1) is 18.8 Å². The van der Waals surface area contributed by atoms with E-state index in [0.717, 1.165) is 5.75 Å². The Balaban J connectivity index is 1.92. The molecule has 1 aromatic carbocycles. The molecule has 0 unspecified atom stereocenters. The molecule has 0 saturated heterocycles. The minimum atomic E-state index is -0.204. The number of carbonyl (C=O) groups is 1. The molecular formula is C17H21N3O3. The molecule has 0 fully saturated rings. The van der Waals surface area contributed by atoms with Gasteiger partial charge in [-0.05, 0) is 43.3 Å². The summed E-state index contributed by atoms with van der Waals surface area (Å²) in [6, 6.07) is 10.7. The Hall–Kier alpha value is -2.60. The molecule has 2 N–H and O–H groups in total. The first-order valence-corrected chi connectivity index (χ1v) is 7.46. The fourth-order valence-electron chi connectivity index (χ4n) is 1.92. The van der Waals surface area contributed by atoms with E-state index in [1.807, 2.05) is 19.1 Å². The maximum Gasteiger partial charge on any atom is 0.257 e. The molecule has 0 atom stereocenters. The number of ether oxygens (including phenoxy) is 2. The molecule has 0 aliphatic rings. The van der Waals surface area contributed by atoms with Crippen LogP contribution in [0.4, 0.5) is 11.5 Å². The first-order chi connectivity index (χ1) is 11.2. The van der Waals surface area contributed by atoms with Crippen molar-refractivity contribution in [3.63, 3.8) is 0 Å². The van der Waals surface area contributed by atoms with Crippen molar-refractivity contribution in [1.82, 2.24) is 4.98 Å². The average Bonchev–Trinajstić information content (AvgIpc) is 2.58. The van der Waals surface area contributed by atoms with Crippen LogP contribution in [0.1, 0.15) is 17.3 Å². The second-order valence-corrected chi connectivity index (χ2v) is 4.76. The van der Waals surface area contributed by atoms with E-state index in [9.17, 15) is 4.79 Å². The number of methoxy groups -OCH3 is 1. The van der Waals surface area contributed by atoms with Gasteiger partial charge in [0.25, 0.3) is 5.91 Å². The molecule has 1 heterocycles. The van der Waals surface area contributed by atoms with Crippen molar-refractivity contribution in [3.05, 3.63) is 48.2 Å². The number of hydrogen-bond donors (Lipinski definition) is 2. The van der Waals surface area contributed by atoms with Gasteiger partial charge in [0, 0.05) is 25.5 Å². The summed E-state index contributed by atoms with van der Waals surface area (Å²) in [6.07, 6.45) is 1.54. The Morgan fingerprint density at radius 2 is 1.96 bits per heavy atom. The predicted octanol–water partition coefficient (Wildman–Crippen LogP) is 2.79. The summed E-state index contributed by atoms with van der Waals surface area (Å²) in [4.78, 5) is 16.4. The quantitative estimate of drug-likeness (QED) is 0.733. The monoisotopic (exact) mass is 315 g/mol. The highest BCUT2D eigenvalue weighted by Crippen LogP contribution is 2.16. The molecule has 0 bridgehead atoms. The topological polar surface area (TPSA) is 72.5 Å². The number of pyridine rings is 1. The highest BCUT2D eigenvalue weighted by molar-refractivity contribution is 6.04. The maximum absolute atomic E-state index is 12.2. The van der Waals surface area contributed by atoms with Crippen molar-refractivity contribution < 1.29 is 14.3 Å². The minimum absolute atomic E-state index is 0.204. The highest BCUT2D eigenvalue weighted by atomic mass is 16.5. The van der Waals surface area contributed by atoms with Gasteiger partial charge in [0.15, 0.2) is 0 Å². The number of nitrogens with zero attached hydrogens (tertiary/aromatic N) is 1. The number of aromatic nitrogens is 1. The molecule has 0 aliphatic carbocycles. The van der Waals surface area contributed by atoms with E-state index in [4.69, 9.17) is 9.47 Å². The van der Waals surface area contributed by atoms with Gasteiger partial charge in [-0.25, -0.2) is 4.98 Å². The van der Waals surface area contributed by atoms with Crippen LogP contribution in [-0.4, -0.2) is 37.8 Å². The Morgan fingerprint density at radius 3 is 2.57 bits per heavy atom. The summed E-state index contributed by atoms with van der Waals surface area (Å²) < 4.78 is 10.3. The SMILES string of the molecule is CCOc1ccc(NC(=O)c2ccc(NCCOC)nc2)cc1. The van der Waals surface area contributed by atoms with Crippen LogP contribution in [0, 0.1) is 0 Å². The van der Waals surface area contributed by atoms with E-state index in [0.29, 0.717) is 36.8 Å². The smallest absolute Gasteiger partial charge is 0.257 e. The molecule has 0 saturated carbocycles. The van der Waals surface area contributed by atoms with Crippen molar-refractivity contribution in [2.45, 2.75) is 6.92 Å². The normalized spacial score (nSPS) is 10.2. The van der Waals surface area contributed by atoms with Gasteiger partial charge in [-0.1, -0.05) is 0 Å². The summed E-state index contributed by atoms with van der Waals surface area (Å²) in [5.74, 6) is 1.28. The first-order valence-electron chi connectivity index (χ1n) is 7.46. The number of amides is 1. The van der Waals surface area contributed by atoms with Crippen LogP contribution in [0.3, 0.4) is 0 Å². The molecule has 2 aromatic rings. The predicted molar refractivity (Wildman–Crippen MR) is 90.2 cm³/mol. The lowest BCUT2D eigenvalue weighted by atomic mass is 10.2. The number of hydrogen-bond acceptors (Lipinski definition) is 5. The Kier molecular flexibility index (Phi) is 6.38. The standard InChI is InChI=1S/C17H21N3O3/c1-3-23-15-7-5-14(6-8-15)20-17(21)13-4-9-16(19-12-13)18-10-11-22-2/h4-9,12H,3,10-11H2,1-2H3,(H,18,19)(H,20,21). The van der Waals surface area contributed by atoms with Gasteiger partial charge in [-0.2, -0.15) is 0 Å². The minimum Gasteiger partial charge on any atom is -0.494 e. The maximum atomic E-state index is 12.2. The summed E-state index contributed by atoms with van der Waals surface area (Å²) in [7, 11) is 1.64. The molecule has 1 amide bonds. The van der Waals surface area contributed by atoms with Crippen molar-refractivity contribution in [2.24, 2.45) is 0 Å². The number of benzene rings is 1. The zero-order chi connectivity index (χ0) is 16.5. The van der Waals surface area contributed by atoms with Crippen LogP contribution in [0.2, 0.25) is 0 Å². The lowest BCUT2D eigenvalue weighted by Crippen LogP contribution is -2.13. The molecule has 2 rings (SSSR count). The number of nitrogens with one attached hydrogen (secondary N) is 2. The summed E-state index contributed by atoms with van der Waals surface area (Å²) in [5, 5.41) is 5.92. The Morgan fingerprint density at radius 1 is 1.17 bits per heavy atom. The van der Waals surface area contributed by atoms with Crippen LogP contribution < -0.4 is 15.4 Å². The second-order valence-electron chi connectivity index (χ2n) is 4.76. The molecule has 0 radical (unpaired) electrons. The van der Waals surface area contributed by atoms with Crippen molar-refractivity contribution in [3.8, 4) is 5.75 Å². The first kappa shape index (κ1) is 16.8. The van der Waals surface area contributed by atoms with E-state index in [1.54, 1.807) is 37.6 Å². The molecule has 6 heteroatoms. The average molecular weight is 315 g/mol. The number of anilines is 2. The summed E-state index contributed by atoms with van der Waals surface area (Å²) in [5.41, 5.74) is 1.21. The molecule has 6 nitrogen and oxygen atoms in total. The largest absolute Gasteiger partial charge is 0.494 e.